The van der Waals surface area contributed by atoms with Gasteiger partial charge in [-0.15, -0.1) is 0 Å². The second-order valence-electron chi connectivity index (χ2n) is 7.00. The summed E-state index contributed by atoms with van der Waals surface area (Å²) in [6.07, 6.45) is -11.7. The molecule has 0 saturated carbocycles. The Bertz CT molecular complexity index is 579. The molecule has 2 heterocycles. The number of hydrogen-bond donors (Lipinski definition) is 8. The maximum Gasteiger partial charge on any atom is 0.217 e. The van der Waals surface area contributed by atoms with E-state index < -0.39 is 86.3 Å². The smallest absolute Gasteiger partial charge is 0.217 e. The molecule has 13 nitrogen and oxygen atoms in total. The molecule has 29 heavy (non-hydrogen) atoms. The molecule has 2 amide bonds. The standard InChI is InChI=1S/C16H28N2O11/c1-5(21)17-9-13(25)14(8(4-20)27-15(9)26)29-16-10(18-6(2)22)12(24)11(23)7(3-19)28-16/h7-16,19-20,23-26H,3-4H2,1-2H3,(H,17,21)(H,18,22)/t7?,8?,9?,10?,11-,12-,13-,14-,15-,16+/m1/s1. The Morgan fingerprint density at radius 1 is 0.828 bits per heavy atom. The highest BCUT2D eigenvalue weighted by Crippen LogP contribution is 2.28. The molecule has 4 unspecified atom stereocenters. The molecule has 2 aliphatic rings. The lowest BCUT2D eigenvalue weighted by Crippen LogP contribution is -2.69. The molecule has 0 aromatic carbocycles. The van der Waals surface area contributed by atoms with Crippen LogP contribution in [0.4, 0.5) is 0 Å². The third-order valence-electron chi connectivity index (χ3n) is 4.78. The first kappa shape index (κ1) is 23.9. The third kappa shape index (κ3) is 5.39. The summed E-state index contributed by atoms with van der Waals surface area (Å²) in [5.41, 5.74) is 0. The van der Waals surface area contributed by atoms with Gasteiger partial charge in [0.1, 0.15) is 48.7 Å². The molecule has 0 radical (unpaired) electrons. The van der Waals surface area contributed by atoms with Gasteiger partial charge in [0.05, 0.1) is 13.2 Å². The van der Waals surface area contributed by atoms with E-state index in [9.17, 15) is 40.2 Å². The lowest BCUT2D eigenvalue weighted by Gasteiger charge is -2.47. The maximum atomic E-state index is 11.5. The van der Waals surface area contributed by atoms with E-state index in [1.54, 1.807) is 0 Å². The van der Waals surface area contributed by atoms with Gasteiger partial charge in [-0.2, -0.15) is 0 Å². The predicted octanol–water partition coefficient (Wildman–Crippen LogP) is -5.11. The molecule has 0 aromatic rings. The molecular weight excluding hydrogens is 396 g/mol. The van der Waals surface area contributed by atoms with Crippen LogP contribution >= 0.6 is 0 Å². The zero-order valence-electron chi connectivity index (χ0n) is 15.9. The molecule has 0 aliphatic carbocycles. The molecule has 13 heteroatoms. The number of nitrogens with one attached hydrogen (secondary N) is 2. The Hall–Kier alpha value is -1.42. The Balaban J connectivity index is 2.26. The number of hydrogen-bond acceptors (Lipinski definition) is 11. The Morgan fingerprint density at radius 2 is 1.38 bits per heavy atom. The first-order valence-corrected chi connectivity index (χ1v) is 9.05. The highest BCUT2D eigenvalue weighted by atomic mass is 16.7. The van der Waals surface area contributed by atoms with Crippen molar-refractivity contribution in [1.29, 1.82) is 0 Å². The highest BCUT2D eigenvalue weighted by molar-refractivity contribution is 5.73. The van der Waals surface area contributed by atoms with Crippen LogP contribution in [-0.4, -0.2) is 117 Å². The van der Waals surface area contributed by atoms with Crippen LogP contribution in [0.25, 0.3) is 0 Å². The van der Waals surface area contributed by atoms with Crippen molar-refractivity contribution in [2.45, 2.75) is 75.1 Å². The topological polar surface area (TPSA) is 207 Å². The minimum Gasteiger partial charge on any atom is -0.394 e. The lowest BCUT2D eigenvalue weighted by atomic mass is 9.94. The van der Waals surface area contributed by atoms with Gasteiger partial charge in [0.2, 0.25) is 11.8 Å². The van der Waals surface area contributed by atoms with Crippen LogP contribution in [0.15, 0.2) is 0 Å². The summed E-state index contributed by atoms with van der Waals surface area (Å²) < 4.78 is 16.3. The second kappa shape index (κ2) is 10.1. The summed E-state index contributed by atoms with van der Waals surface area (Å²) in [7, 11) is 0. The van der Waals surface area contributed by atoms with E-state index in [4.69, 9.17) is 14.2 Å². The van der Waals surface area contributed by atoms with Gasteiger partial charge in [0, 0.05) is 13.8 Å². The number of amides is 2. The van der Waals surface area contributed by atoms with Gasteiger partial charge in [-0.3, -0.25) is 9.59 Å². The van der Waals surface area contributed by atoms with Crippen molar-refractivity contribution in [3.63, 3.8) is 0 Å². The molecule has 10 atom stereocenters. The SMILES string of the molecule is CC(=O)NC1[C@H](O[C@@H]2C(CO)O[C@@H](O)C(NC(C)=O)[C@H]2O)OC(CO)[C@@H](O)[C@@H]1O. The van der Waals surface area contributed by atoms with Crippen molar-refractivity contribution < 1.29 is 54.4 Å². The van der Waals surface area contributed by atoms with E-state index in [2.05, 4.69) is 10.6 Å². The first-order valence-electron chi connectivity index (χ1n) is 9.05. The molecule has 2 aliphatic heterocycles. The van der Waals surface area contributed by atoms with Crippen molar-refractivity contribution in [2.75, 3.05) is 13.2 Å². The van der Waals surface area contributed by atoms with Gasteiger partial charge >= 0.3 is 0 Å². The number of aliphatic hydroxyl groups excluding tert-OH is 6. The van der Waals surface area contributed by atoms with Gasteiger partial charge in [0.15, 0.2) is 12.6 Å². The van der Waals surface area contributed by atoms with Crippen LogP contribution in [0.5, 0.6) is 0 Å². The fourth-order valence-corrected chi connectivity index (χ4v) is 3.38. The van der Waals surface area contributed by atoms with Crippen LogP contribution in [0.1, 0.15) is 13.8 Å². The van der Waals surface area contributed by atoms with Gasteiger partial charge in [0.25, 0.3) is 0 Å². The van der Waals surface area contributed by atoms with Gasteiger partial charge < -0.3 is 55.5 Å². The van der Waals surface area contributed by atoms with Gasteiger partial charge in [-0.1, -0.05) is 0 Å². The normalized spacial score (nSPS) is 42.9. The van der Waals surface area contributed by atoms with Crippen molar-refractivity contribution in [2.24, 2.45) is 0 Å². The van der Waals surface area contributed by atoms with E-state index in [1.165, 1.54) is 0 Å². The summed E-state index contributed by atoms with van der Waals surface area (Å²) >= 11 is 0. The Labute approximate surface area is 166 Å². The minimum atomic E-state index is -1.64. The van der Waals surface area contributed by atoms with Crippen molar-refractivity contribution in [3.05, 3.63) is 0 Å². The van der Waals surface area contributed by atoms with Crippen molar-refractivity contribution in [1.82, 2.24) is 10.6 Å². The number of carbonyl (C=O) groups excluding carboxylic acids is 2. The van der Waals surface area contributed by atoms with E-state index >= 15 is 0 Å². The molecule has 0 aromatic heterocycles. The summed E-state index contributed by atoms with van der Waals surface area (Å²) in [6, 6.07) is -2.59. The predicted molar refractivity (Wildman–Crippen MR) is 91.8 cm³/mol. The molecule has 2 fully saturated rings. The third-order valence-corrected chi connectivity index (χ3v) is 4.78. The zero-order valence-corrected chi connectivity index (χ0v) is 15.9. The van der Waals surface area contributed by atoms with Gasteiger partial charge in [-0.05, 0) is 0 Å². The van der Waals surface area contributed by atoms with Crippen LogP contribution in [-0.2, 0) is 23.8 Å². The fourth-order valence-electron chi connectivity index (χ4n) is 3.38. The highest BCUT2D eigenvalue weighted by Gasteiger charge is 2.51. The number of rotatable bonds is 6. The Kier molecular flexibility index (Phi) is 8.28. The first-order chi connectivity index (χ1) is 13.6. The second-order valence-corrected chi connectivity index (χ2v) is 7.00. The number of aliphatic hydroxyl groups is 6. The van der Waals surface area contributed by atoms with E-state index in [0.717, 1.165) is 13.8 Å². The molecule has 0 bridgehead atoms. The molecule has 0 spiro atoms. The average Bonchev–Trinajstić information content (AvgIpc) is 2.65. The quantitative estimate of drug-likeness (QED) is 0.202. The van der Waals surface area contributed by atoms with E-state index in [0.29, 0.717) is 0 Å². The van der Waals surface area contributed by atoms with Crippen LogP contribution in [0.2, 0.25) is 0 Å². The largest absolute Gasteiger partial charge is 0.394 e. The maximum absolute atomic E-state index is 11.5. The van der Waals surface area contributed by atoms with Crippen molar-refractivity contribution in [3.8, 4) is 0 Å². The van der Waals surface area contributed by atoms with E-state index in [1.807, 2.05) is 0 Å². The fraction of sp³-hybridized carbons (Fsp3) is 0.875. The molecule has 2 rings (SSSR count). The van der Waals surface area contributed by atoms with E-state index in [-0.39, 0.29) is 0 Å². The summed E-state index contributed by atoms with van der Waals surface area (Å²) in [5, 5.41) is 64.5. The van der Waals surface area contributed by atoms with Crippen LogP contribution < -0.4 is 10.6 Å². The summed E-state index contributed by atoms with van der Waals surface area (Å²) in [5.74, 6) is -1.14. The summed E-state index contributed by atoms with van der Waals surface area (Å²) in [4.78, 5) is 22.8. The molecule has 168 valence electrons. The van der Waals surface area contributed by atoms with Crippen LogP contribution in [0, 0.1) is 0 Å². The molecular formula is C16H28N2O11. The molecule has 8 N–H and O–H groups in total. The summed E-state index contributed by atoms with van der Waals surface area (Å²) in [6.45, 7) is 0.962. The van der Waals surface area contributed by atoms with Gasteiger partial charge in [-0.25, -0.2) is 0 Å². The number of carbonyl (C=O) groups is 2. The van der Waals surface area contributed by atoms with Crippen LogP contribution in [0.3, 0.4) is 0 Å². The minimum absolute atomic E-state index is 0.568. The Morgan fingerprint density at radius 3 is 1.90 bits per heavy atom. The zero-order chi connectivity index (χ0) is 21.9. The number of ether oxygens (including phenoxy) is 3. The monoisotopic (exact) mass is 424 g/mol. The van der Waals surface area contributed by atoms with Crippen molar-refractivity contribution >= 4 is 11.8 Å². The lowest BCUT2D eigenvalue weighted by molar-refractivity contribution is -0.327. The molecule has 2 saturated heterocycles. The average molecular weight is 424 g/mol.